The minimum atomic E-state index is -3.44. The van der Waals surface area contributed by atoms with E-state index in [9.17, 15) is 8.42 Å². The normalized spacial score (nSPS) is 19.8. The molecule has 0 saturated carbocycles. The summed E-state index contributed by atoms with van der Waals surface area (Å²) in [7, 11) is -3.44. The third-order valence-electron chi connectivity index (χ3n) is 3.34. The van der Waals surface area contributed by atoms with Crippen molar-refractivity contribution >= 4 is 27.5 Å². The van der Waals surface area contributed by atoms with E-state index in [-0.39, 0.29) is 0 Å². The Morgan fingerprint density at radius 3 is 2.53 bits per heavy atom. The van der Waals surface area contributed by atoms with Crippen LogP contribution in [0.3, 0.4) is 0 Å². The SMILES string of the molecule is Cc1cc(N)cc(C)c1S(=O)(=O)NCC1CCSC1. The molecule has 106 valence electrons. The largest absolute Gasteiger partial charge is 0.399 e. The molecule has 0 spiro atoms. The number of nitrogens with two attached hydrogens (primary N) is 1. The average molecular weight is 300 g/mol. The lowest BCUT2D eigenvalue weighted by molar-refractivity contribution is 0.545. The van der Waals surface area contributed by atoms with Gasteiger partial charge in [0, 0.05) is 12.2 Å². The van der Waals surface area contributed by atoms with Gasteiger partial charge in [0.15, 0.2) is 0 Å². The van der Waals surface area contributed by atoms with Crippen molar-refractivity contribution in [3.63, 3.8) is 0 Å². The second-order valence-electron chi connectivity index (χ2n) is 5.07. The number of rotatable bonds is 4. The molecular formula is C13H20N2O2S2. The lowest BCUT2D eigenvalue weighted by Gasteiger charge is -2.15. The fourth-order valence-electron chi connectivity index (χ4n) is 2.45. The van der Waals surface area contributed by atoms with Crippen molar-refractivity contribution < 1.29 is 8.42 Å². The van der Waals surface area contributed by atoms with Gasteiger partial charge in [0.25, 0.3) is 0 Å². The van der Waals surface area contributed by atoms with Gasteiger partial charge in [0.05, 0.1) is 4.90 Å². The number of nitrogens with one attached hydrogen (secondary N) is 1. The summed E-state index contributed by atoms with van der Waals surface area (Å²) < 4.78 is 27.5. The molecule has 0 aliphatic carbocycles. The Balaban J connectivity index is 2.19. The van der Waals surface area contributed by atoms with Crippen molar-refractivity contribution in [3.8, 4) is 0 Å². The van der Waals surface area contributed by atoms with Gasteiger partial charge in [0.2, 0.25) is 10.0 Å². The highest BCUT2D eigenvalue weighted by Gasteiger charge is 2.23. The Morgan fingerprint density at radius 1 is 1.37 bits per heavy atom. The molecule has 0 amide bonds. The summed E-state index contributed by atoms with van der Waals surface area (Å²) in [4.78, 5) is 0.368. The maximum Gasteiger partial charge on any atom is 0.241 e. The van der Waals surface area contributed by atoms with E-state index >= 15 is 0 Å². The maximum atomic E-state index is 12.4. The molecule has 3 N–H and O–H groups in total. The van der Waals surface area contributed by atoms with E-state index < -0.39 is 10.0 Å². The summed E-state index contributed by atoms with van der Waals surface area (Å²) in [5.41, 5.74) is 7.73. The first-order valence-electron chi connectivity index (χ1n) is 6.34. The number of nitrogen functional groups attached to an aromatic ring is 1. The molecule has 1 aromatic rings. The van der Waals surface area contributed by atoms with Crippen molar-refractivity contribution in [2.75, 3.05) is 23.8 Å². The number of thioether (sulfide) groups is 1. The number of anilines is 1. The third kappa shape index (κ3) is 3.43. The second-order valence-corrected chi connectivity index (χ2v) is 7.92. The van der Waals surface area contributed by atoms with E-state index in [0.717, 1.165) is 17.9 Å². The first-order chi connectivity index (χ1) is 8.90. The number of hydrogen-bond acceptors (Lipinski definition) is 4. The first kappa shape index (κ1) is 14.7. The minimum Gasteiger partial charge on any atom is -0.399 e. The molecule has 2 rings (SSSR count). The van der Waals surface area contributed by atoms with E-state index in [0.29, 0.717) is 34.2 Å². The average Bonchev–Trinajstić information content (AvgIpc) is 2.77. The van der Waals surface area contributed by atoms with Crippen LogP contribution in [-0.4, -0.2) is 26.5 Å². The van der Waals surface area contributed by atoms with Gasteiger partial charge in [-0.2, -0.15) is 11.8 Å². The van der Waals surface area contributed by atoms with Crippen LogP contribution >= 0.6 is 11.8 Å². The van der Waals surface area contributed by atoms with Crippen LogP contribution in [-0.2, 0) is 10.0 Å². The predicted molar refractivity (Wildman–Crippen MR) is 80.9 cm³/mol. The van der Waals surface area contributed by atoms with Crippen LogP contribution in [0.5, 0.6) is 0 Å². The molecule has 1 heterocycles. The molecule has 1 fully saturated rings. The summed E-state index contributed by atoms with van der Waals surface area (Å²) in [5, 5.41) is 0. The lowest BCUT2D eigenvalue weighted by atomic mass is 10.1. The van der Waals surface area contributed by atoms with Gasteiger partial charge in [-0.15, -0.1) is 0 Å². The summed E-state index contributed by atoms with van der Waals surface area (Å²) >= 11 is 1.89. The van der Waals surface area contributed by atoms with Crippen molar-refractivity contribution in [3.05, 3.63) is 23.3 Å². The van der Waals surface area contributed by atoms with E-state index in [1.807, 2.05) is 11.8 Å². The molecule has 0 bridgehead atoms. The van der Waals surface area contributed by atoms with Crippen LogP contribution < -0.4 is 10.5 Å². The highest BCUT2D eigenvalue weighted by Crippen LogP contribution is 2.25. The maximum absolute atomic E-state index is 12.4. The van der Waals surface area contributed by atoms with Gasteiger partial charge in [-0.3, -0.25) is 0 Å². The molecule has 1 unspecified atom stereocenters. The molecule has 1 aliphatic heterocycles. The molecule has 19 heavy (non-hydrogen) atoms. The van der Waals surface area contributed by atoms with Crippen molar-refractivity contribution in [2.45, 2.75) is 25.2 Å². The molecule has 1 saturated heterocycles. The van der Waals surface area contributed by atoms with Crippen LogP contribution in [0.1, 0.15) is 17.5 Å². The smallest absolute Gasteiger partial charge is 0.241 e. The van der Waals surface area contributed by atoms with Crippen LogP contribution in [0.15, 0.2) is 17.0 Å². The van der Waals surface area contributed by atoms with E-state index in [1.165, 1.54) is 0 Å². The van der Waals surface area contributed by atoms with Gasteiger partial charge >= 0.3 is 0 Å². The Hall–Kier alpha value is -0.720. The molecule has 4 nitrogen and oxygen atoms in total. The summed E-state index contributed by atoms with van der Waals surface area (Å²) in [6, 6.07) is 3.40. The van der Waals surface area contributed by atoms with Crippen LogP contribution in [0, 0.1) is 19.8 Å². The molecule has 6 heteroatoms. The van der Waals surface area contributed by atoms with Crippen molar-refractivity contribution in [1.82, 2.24) is 4.72 Å². The molecule has 1 aliphatic rings. The van der Waals surface area contributed by atoms with E-state index in [1.54, 1.807) is 26.0 Å². The zero-order chi connectivity index (χ0) is 14.0. The fraction of sp³-hybridized carbons (Fsp3) is 0.538. The number of benzene rings is 1. The third-order valence-corrected chi connectivity index (χ3v) is 6.30. The molecule has 0 aromatic heterocycles. The van der Waals surface area contributed by atoms with Crippen molar-refractivity contribution in [1.29, 1.82) is 0 Å². The standard InChI is InChI=1S/C13H20N2O2S2/c1-9-5-12(14)6-10(2)13(9)19(16,17)15-7-11-3-4-18-8-11/h5-6,11,15H,3-4,7-8,14H2,1-2H3. The van der Waals surface area contributed by atoms with Crippen LogP contribution in [0.4, 0.5) is 5.69 Å². The highest BCUT2D eigenvalue weighted by atomic mass is 32.2. The second kappa shape index (κ2) is 5.73. The number of aryl methyl sites for hydroxylation is 2. The minimum absolute atomic E-state index is 0.368. The highest BCUT2D eigenvalue weighted by molar-refractivity contribution is 7.99. The Bertz CT molecular complexity index is 541. The topological polar surface area (TPSA) is 72.2 Å². The van der Waals surface area contributed by atoms with E-state index in [4.69, 9.17) is 5.73 Å². The Labute approximate surface area is 119 Å². The van der Waals surface area contributed by atoms with Gasteiger partial charge in [0.1, 0.15) is 0 Å². The Kier molecular flexibility index (Phi) is 4.43. The van der Waals surface area contributed by atoms with Gasteiger partial charge in [-0.05, 0) is 61.0 Å². The van der Waals surface area contributed by atoms with Gasteiger partial charge in [-0.25, -0.2) is 13.1 Å². The molecule has 1 aromatic carbocycles. The molecule has 1 atom stereocenters. The monoisotopic (exact) mass is 300 g/mol. The quantitative estimate of drug-likeness (QED) is 0.833. The van der Waals surface area contributed by atoms with E-state index in [2.05, 4.69) is 4.72 Å². The van der Waals surface area contributed by atoms with Gasteiger partial charge < -0.3 is 5.73 Å². The number of hydrogen-bond donors (Lipinski definition) is 2. The number of sulfonamides is 1. The van der Waals surface area contributed by atoms with Crippen molar-refractivity contribution in [2.24, 2.45) is 5.92 Å². The van der Waals surface area contributed by atoms with Crippen LogP contribution in [0.2, 0.25) is 0 Å². The molecule has 0 radical (unpaired) electrons. The lowest BCUT2D eigenvalue weighted by Crippen LogP contribution is -2.30. The molecular weight excluding hydrogens is 280 g/mol. The van der Waals surface area contributed by atoms with Gasteiger partial charge in [-0.1, -0.05) is 0 Å². The first-order valence-corrected chi connectivity index (χ1v) is 8.98. The van der Waals surface area contributed by atoms with Crippen LogP contribution in [0.25, 0.3) is 0 Å². The predicted octanol–water partition coefficient (Wildman–Crippen LogP) is 1.92. The zero-order valence-electron chi connectivity index (χ0n) is 11.3. The summed E-state index contributed by atoms with van der Waals surface area (Å²) in [6.07, 6.45) is 1.09. The fourth-order valence-corrected chi connectivity index (χ4v) is 5.30. The zero-order valence-corrected chi connectivity index (χ0v) is 12.9. The summed E-state index contributed by atoms with van der Waals surface area (Å²) in [6.45, 7) is 4.09. The Morgan fingerprint density at radius 2 is 2.00 bits per heavy atom. The summed E-state index contributed by atoms with van der Waals surface area (Å²) in [5.74, 6) is 2.63.